The first-order chi connectivity index (χ1) is 7.29. The SMILES string of the molecule is Cc1occc1Sc1ccc(C#N)cn1. The van der Waals surface area contributed by atoms with Crippen LogP contribution in [-0.4, -0.2) is 4.98 Å². The molecule has 0 fully saturated rings. The highest BCUT2D eigenvalue weighted by Gasteiger charge is 2.04. The highest BCUT2D eigenvalue weighted by molar-refractivity contribution is 7.99. The Bertz CT molecular complexity index is 496. The van der Waals surface area contributed by atoms with Gasteiger partial charge < -0.3 is 4.42 Å². The summed E-state index contributed by atoms with van der Waals surface area (Å²) in [5.41, 5.74) is 0.572. The topological polar surface area (TPSA) is 49.8 Å². The summed E-state index contributed by atoms with van der Waals surface area (Å²) >= 11 is 1.53. The average molecular weight is 216 g/mol. The van der Waals surface area contributed by atoms with Crippen LogP contribution < -0.4 is 0 Å². The van der Waals surface area contributed by atoms with Gasteiger partial charge in [-0.1, -0.05) is 11.8 Å². The van der Waals surface area contributed by atoms with Crippen LogP contribution in [0, 0.1) is 18.3 Å². The van der Waals surface area contributed by atoms with E-state index >= 15 is 0 Å². The number of rotatable bonds is 2. The number of aryl methyl sites for hydroxylation is 1. The zero-order chi connectivity index (χ0) is 10.7. The quantitative estimate of drug-likeness (QED) is 0.774. The molecule has 4 heteroatoms. The van der Waals surface area contributed by atoms with E-state index in [-0.39, 0.29) is 0 Å². The van der Waals surface area contributed by atoms with E-state index in [4.69, 9.17) is 9.68 Å². The fourth-order valence-electron chi connectivity index (χ4n) is 1.10. The van der Waals surface area contributed by atoms with Gasteiger partial charge in [0.05, 0.1) is 16.7 Å². The van der Waals surface area contributed by atoms with Gasteiger partial charge in [0.15, 0.2) is 0 Å². The molecule has 0 saturated heterocycles. The van der Waals surface area contributed by atoms with Crippen LogP contribution in [0.25, 0.3) is 0 Å². The van der Waals surface area contributed by atoms with Crippen molar-refractivity contribution in [2.45, 2.75) is 16.8 Å². The standard InChI is InChI=1S/C11H8N2OS/c1-8-10(4-5-14-8)15-11-3-2-9(6-12)7-13-11/h2-5,7H,1H3. The summed E-state index contributed by atoms with van der Waals surface area (Å²) < 4.78 is 5.18. The number of nitrogens with zero attached hydrogens (tertiary/aromatic N) is 2. The molecule has 74 valence electrons. The minimum atomic E-state index is 0.572. The maximum Gasteiger partial charge on any atom is 0.114 e. The second kappa shape index (κ2) is 4.20. The second-order valence-electron chi connectivity index (χ2n) is 2.94. The molecule has 2 rings (SSSR count). The fraction of sp³-hybridized carbons (Fsp3) is 0.0909. The molecule has 15 heavy (non-hydrogen) atoms. The van der Waals surface area contributed by atoms with Crippen molar-refractivity contribution in [2.75, 3.05) is 0 Å². The van der Waals surface area contributed by atoms with Crippen LogP contribution in [0.2, 0.25) is 0 Å². The first kappa shape index (κ1) is 9.81. The van der Waals surface area contributed by atoms with Crippen LogP contribution in [0.4, 0.5) is 0 Å². The summed E-state index contributed by atoms with van der Waals surface area (Å²) in [6.45, 7) is 1.91. The van der Waals surface area contributed by atoms with Crippen molar-refractivity contribution in [2.24, 2.45) is 0 Å². The largest absolute Gasteiger partial charge is 0.468 e. The predicted octanol–water partition coefficient (Wildman–Crippen LogP) is 3.01. The van der Waals surface area contributed by atoms with Crippen molar-refractivity contribution < 1.29 is 4.42 Å². The first-order valence-electron chi connectivity index (χ1n) is 4.37. The summed E-state index contributed by atoms with van der Waals surface area (Å²) in [7, 11) is 0. The van der Waals surface area contributed by atoms with E-state index < -0.39 is 0 Å². The summed E-state index contributed by atoms with van der Waals surface area (Å²) in [6, 6.07) is 7.52. The average Bonchev–Trinajstić information content (AvgIpc) is 2.66. The van der Waals surface area contributed by atoms with E-state index in [0.717, 1.165) is 15.7 Å². The molecule has 0 aliphatic heterocycles. The van der Waals surface area contributed by atoms with Crippen LogP contribution in [0.3, 0.4) is 0 Å². The summed E-state index contributed by atoms with van der Waals surface area (Å²) in [5.74, 6) is 0.881. The minimum absolute atomic E-state index is 0.572. The van der Waals surface area contributed by atoms with Crippen LogP contribution >= 0.6 is 11.8 Å². The lowest BCUT2D eigenvalue weighted by Crippen LogP contribution is -1.81. The fourth-order valence-corrected chi connectivity index (χ4v) is 1.88. The van der Waals surface area contributed by atoms with Gasteiger partial charge >= 0.3 is 0 Å². The zero-order valence-corrected chi connectivity index (χ0v) is 8.91. The Kier molecular flexibility index (Phi) is 2.75. The molecule has 0 radical (unpaired) electrons. The molecule has 0 aromatic carbocycles. The molecule has 2 heterocycles. The molecule has 0 unspecified atom stereocenters. The van der Waals surface area contributed by atoms with Gasteiger partial charge in [-0.05, 0) is 25.1 Å². The summed E-state index contributed by atoms with van der Waals surface area (Å²) in [5, 5.41) is 9.48. The third-order valence-corrected chi connectivity index (χ3v) is 2.99. The van der Waals surface area contributed by atoms with Gasteiger partial charge in [-0.25, -0.2) is 4.98 Å². The molecular formula is C11H8N2OS. The lowest BCUT2D eigenvalue weighted by atomic mass is 10.3. The Morgan fingerprint density at radius 1 is 1.40 bits per heavy atom. The van der Waals surface area contributed by atoms with Crippen LogP contribution in [0.5, 0.6) is 0 Å². The number of hydrogen-bond donors (Lipinski definition) is 0. The molecule has 0 spiro atoms. The molecule has 0 aliphatic rings. The number of aromatic nitrogens is 1. The van der Waals surface area contributed by atoms with Crippen LogP contribution in [0.15, 0.2) is 45.0 Å². The Hall–Kier alpha value is -1.73. The Labute approximate surface area is 91.7 Å². The number of furan rings is 1. The highest BCUT2D eigenvalue weighted by Crippen LogP contribution is 2.29. The minimum Gasteiger partial charge on any atom is -0.468 e. The van der Waals surface area contributed by atoms with Crippen molar-refractivity contribution >= 4 is 11.8 Å². The third-order valence-electron chi connectivity index (χ3n) is 1.89. The molecule has 0 atom stereocenters. The molecule has 2 aromatic heterocycles. The molecule has 3 nitrogen and oxygen atoms in total. The van der Waals surface area contributed by atoms with Crippen molar-refractivity contribution in [3.63, 3.8) is 0 Å². The van der Waals surface area contributed by atoms with Crippen molar-refractivity contribution in [3.8, 4) is 6.07 Å². The number of pyridine rings is 1. The van der Waals surface area contributed by atoms with Gasteiger partial charge in [-0.3, -0.25) is 0 Å². The van der Waals surface area contributed by atoms with Gasteiger partial charge in [0.1, 0.15) is 16.9 Å². The number of nitriles is 1. The van der Waals surface area contributed by atoms with E-state index in [1.807, 2.05) is 25.1 Å². The molecule has 2 aromatic rings. The van der Waals surface area contributed by atoms with Gasteiger partial charge in [0.25, 0.3) is 0 Å². The smallest absolute Gasteiger partial charge is 0.114 e. The van der Waals surface area contributed by atoms with Gasteiger partial charge in [-0.15, -0.1) is 0 Å². The normalized spacial score (nSPS) is 9.87. The van der Waals surface area contributed by atoms with Crippen molar-refractivity contribution in [3.05, 3.63) is 42.0 Å². The summed E-state index contributed by atoms with van der Waals surface area (Å²) in [4.78, 5) is 5.21. The Morgan fingerprint density at radius 2 is 2.27 bits per heavy atom. The van der Waals surface area contributed by atoms with Gasteiger partial charge in [-0.2, -0.15) is 5.26 Å². The maximum atomic E-state index is 8.62. The Morgan fingerprint density at radius 3 is 2.80 bits per heavy atom. The van der Waals surface area contributed by atoms with E-state index in [0.29, 0.717) is 5.56 Å². The zero-order valence-electron chi connectivity index (χ0n) is 8.10. The second-order valence-corrected chi connectivity index (χ2v) is 4.00. The van der Waals surface area contributed by atoms with Crippen molar-refractivity contribution in [1.29, 1.82) is 5.26 Å². The van der Waals surface area contributed by atoms with Gasteiger partial charge in [0.2, 0.25) is 0 Å². The summed E-state index contributed by atoms with van der Waals surface area (Å²) in [6.07, 6.45) is 3.22. The molecule has 0 saturated carbocycles. The van der Waals surface area contributed by atoms with E-state index in [2.05, 4.69) is 4.98 Å². The van der Waals surface area contributed by atoms with Crippen LogP contribution in [0.1, 0.15) is 11.3 Å². The lowest BCUT2D eigenvalue weighted by molar-refractivity contribution is 0.527. The third kappa shape index (κ3) is 2.20. The monoisotopic (exact) mass is 216 g/mol. The lowest BCUT2D eigenvalue weighted by Gasteiger charge is -1.98. The van der Waals surface area contributed by atoms with Crippen LogP contribution in [-0.2, 0) is 0 Å². The first-order valence-corrected chi connectivity index (χ1v) is 5.19. The number of hydrogen-bond acceptors (Lipinski definition) is 4. The van der Waals surface area contributed by atoms with E-state index in [1.165, 1.54) is 11.8 Å². The molecule has 0 amide bonds. The van der Waals surface area contributed by atoms with Gasteiger partial charge in [0, 0.05) is 6.20 Å². The van der Waals surface area contributed by atoms with E-state index in [1.54, 1.807) is 18.5 Å². The molecular weight excluding hydrogens is 208 g/mol. The molecule has 0 bridgehead atoms. The Balaban J connectivity index is 2.19. The van der Waals surface area contributed by atoms with E-state index in [9.17, 15) is 0 Å². The molecule has 0 aliphatic carbocycles. The van der Waals surface area contributed by atoms with Crippen molar-refractivity contribution in [1.82, 2.24) is 4.98 Å². The highest BCUT2D eigenvalue weighted by atomic mass is 32.2. The molecule has 0 N–H and O–H groups in total. The maximum absolute atomic E-state index is 8.62. The predicted molar refractivity (Wildman–Crippen MR) is 56.5 cm³/mol.